The largest absolute Gasteiger partial charge is 0.381 e. The Labute approximate surface area is 149 Å². The number of rotatable bonds is 5. The number of nitriles is 1. The second kappa shape index (κ2) is 7.47. The van der Waals surface area contributed by atoms with E-state index in [-0.39, 0.29) is 23.0 Å². The minimum absolute atomic E-state index is 0.186. The predicted octanol–water partition coefficient (Wildman–Crippen LogP) is 3.75. The predicted molar refractivity (Wildman–Crippen MR) is 90.1 cm³/mol. The lowest BCUT2D eigenvalue weighted by Gasteiger charge is -2.28. The summed E-state index contributed by atoms with van der Waals surface area (Å²) in [4.78, 5) is 4.53. The van der Waals surface area contributed by atoms with E-state index in [9.17, 15) is 5.26 Å². The van der Waals surface area contributed by atoms with Gasteiger partial charge in [0.1, 0.15) is 22.7 Å². The number of hydrogen-bond donors (Lipinski definition) is 1. The first kappa shape index (κ1) is 17.1. The summed E-state index contributed by atoms with van der Waals surface area (Å²) in [5.74, 6) is 1.66. The van der Waals surface area contributed by atoms with Crippen LogP contribution in [0.4, 0.5) is 5.00 Å². The van der Waals surface area contributed by atoms with E-state index in [4.69, 9.17) is 20.9 Å². The molecule has 0 aromatic carbocycles. The number of nitrogens with zero attached hydrogens (tertiary/aromatic N) is 4. The number of ether oxygens (including phenoxy) is 1. The molecule has 3 rings (SSSR count). The van der Waals surface area contributed by atoms with Crippen LogP contribution in [0.2, 0.25) is 5.15 Å². The van der Waals surface area contributed by atoms with Crippen LogP contribution < -0.4 is 5.32 Å². The fourth-order valence-corrected chi connectivity index (χ4v) is 3.62. The topological polar surface area (TPSA) is 96.9 Å². The van der Waals surface area contributed by atoms with Crippen LogP contribution in [0.3, 0.4) is 0 Å². The molecular formula is C15H18ClN5O2S. The molecule has 0 bridgehead atoms. The van der Waals surface area contributed by atoms with Gasteiger partial charge in [-0.1, -0.05) is 30.6 Å². The van der Waals surface area contributed by atoms with Crippen LogP contribution >= 0.6 is 23.1 Å². The van der Waals surface area contributed by atoms with E-state index in [1.807, 2.05) is 13.8 Å². The highest BCUT2D eigenvalue weighted by Gasteiger charge is 2.31. The SMILES string of the molecule is CC(C)c1noc([C@@H](Nc2snc(Cl)c2C#N)C2CCOCC2)n1. The quantitative estimate of drug-likeness (QED) is 0.859. The third-order valence-electron chi connectivity index (χ3n) is 4.03. The van der Waals surface area contributed by atoms with E-state index in [0.717, 1.165) is 24.4 Å². The molecule has 1 N–H and O–H groups in total. The molecule has 0 radical (unpaired) electrons. The lowest BCUT2D eigenvalue weighted by molar-refractivity contribution is 0.0571. The highest BCUT2D eigenvalue weighted by atomic mass is 35.5. The molecule has 3 heterocycles. The maximum atomic E-state index is 9.28. The molecule has 0 spiro atoms. The average molecular weight is 368 g/mol. The van der Waals surface area contributed by atoms with Gasteiger partial charge in [-0.2, -0.15) is 14.6 Å². The maximum Gasteiger partial charge on any atom is 0.249 e. The van der Waals surface area contributed by atoms with Crippen LogP contribution in [0, 0.1) is 17.2 Å². The molecule has 24 heavy (non-hydrogen) atoms. The van der Waals surface area contributed by atoms with Gasteiger partial charge in [0.25, 0.3) is 0 Å². The van der Waals surface area contributed by atoms with Crippen molar-refractivity contribution in [1.82, 2.24) is 14.5 Å². The fourth-order valence-electron chi connectivity index (χ4n) is 2.65. The van der Waals surface area contributed by atoms with Gasteiger partial charge in [0.15, 0.2) is 11.0 Å². The molecule has 2 aromatic rings. The summed E-state index contributed by atoms with van der Waals surface area (Å²) < 4.78 is 15.0. The van der Waals surface area contributed by atoms with Gasteiger partial charge >= 0.3 is 0 Å². The Hall–Kier alpha value is -1.69. The summed E-state index contributed by atoms with van der Waals surface area (Å²) >= 11 is 7.14. The second-order valence-corrected chi connectivity index (χ2v) is 7.14. The van der Waals surface area contributed by atoms with E-state index >= 15 is 0 Å². The minimum atomic E-state index is -0.197. The Kier molecular flexibility index (Phi) is 5.33. The van der Waals surface area contributed by atoms with Gasteiger partial charge in [-0.15, -0.1) is 0 Å². The molecule has 7 nitrogen and oxygen atoms in total. The highest BCUT2D eigenvalue weighted by Crippen LogP contribution is 2.36. The van der Waals surface area contributed by atoms with Crippen LogP contribution in [0.15, 0.2) is 4.52 Å². The van der Waals surface area contributed by atoms with Gasteiger partial charge in [0, 0.05) is 19.1 Å². The standard InChI is InChI=1S/C15H18ClN5O2S/c1-8(2)13-19-14(23-20-13)11(9-3-5-22-6-4-9)18-15-10(7-17)12(16)21-24-15/h8-9,11,18H,3-6H2,1-2H3/t11-/m0/s1. The molecule has 0 amide bonds. The van der Waals surface area contributed by atoms with Crippen LogP contribution in [-0.4, -0.2) is 27.7 Å². The van der Waals surface area contributed by atoms with Gasteiger partial charge < -0.3 is 14.6 Å². The van der Waals surface area contributed by atoms with Crippen molar-refractivity contribution in [2.75, 3.05) is 18.5 Å². The van der Waals surface area contributed by atoms with Crippen molar-refractivity contribution in [3.05, 3.63) is 22.4 Å². The third kappa shape index (κ3) is 3.53. The fraction of sp³-hybridized carbons (Fsp3) is 0.600. The van der Waals surface area contributed by atoms with Crippen molar-refractivity contribution in [1.29, 1.82) is 5.26 Å². The molecule has 0 saturated carbocycles. The van der Waals surface area contributed by atoms with Crippen molar-refractivity contribution >= 4 is 28.1 Å². The summed E-state index contributed by atoms with van der Waals surface area (Å²) in [5, 5.41) is 17.5. The molecule has 1 aliphatic rings. The van der Waals surface area contributed by atoms with Gasteiger partial charge in [-0.3, -0.25) is 0 Å². The molecule has 128 valence electrons. The first-order valence-corrected chi connectivity index (χ1v) is 8.98. The van der Waals surface area contributed by atoms with Gasteiger partial charge in [0.2, 0.25) is 5.89 Å². The Bertz CT molecular complexity index is 733. The Morgan fingerprint density at radius 2 is 2.12 bits per heavy atom. The van der Waals surface area contributed by atoms with Crippen molar-refractivity contribution in [2.24, 2.45) is 5.92 Å². The monoisotopic (exact) mass is 367 g/mol. The van der Waals surface area contributed by atoms with E-state index in [1.165, 1.54) is 0 Å². The average Bonchev–Trinajstić information content (AvgIpc) is 3.20. The molecule has 0 unspecified atom stereocenters. The third-order valence-corrected chi connectivity index (χ3v) is 5.18. The molecule has 1 saturated heterocycles. The highest BCUT2D eigenvalue weighted by molar-refractivity contribution is 7.10. The number of hydrogen-bond acceptors (Lipinski definition) is 8. The summed E-state index contributed by atoms with van der Waals surface area (Å²) in [6.07, 6.45) is 1.76. The van der Waals surface area contributed by atoms with E-state index < -0.39 is 0 Å². The number of anilines is 1. The summed E-state index contributed by atoms with van der Waals surface area (Å²) in [6, 6.07) is 1.89. The van der Waals surface area contributed by atoms with Gasteiger partial charge in [0.05, 0.1) is 0 Å². The van der Waals surface area contributed by atoms with Gasteiger partial charge in [-0.25, -0.2) is 0 Å². The number of halogens is 1. The lowest BCUT2D eigenvalue weighted by Crippen LogP contribution is -2.27. The normalized spacial score (nSPS) is 17.0. The Morgan fingerprint density at radius 3 is 2.75 bits per heavy atom. The van der Waals surface area contributed by atoms with Crippen molar-refractivity contribution in [2.45, 2.75) is 38.6 Å². The smallest absolute Gasteiger partial charge is 0.249 e. The summed E-state index contributed by atoms with van der Waals surface area (Å²) in [6.45, 7) is 5.43. The first-order chi connectivity index (χ1) is 11.6. The molecule has 1 atom stereocenters. The van der Waals surface area contributed by atoms with Crippen LogP contribution in [0.5, 0.6) is 0 Å². The van der Waals surface area contributed by atoms with Gasteiger partial charge in [-0.05, 0) is 30.3 Å². The Balaban J connectivity index is 1.90. The lowest BCUT2D eigenvalue weighted by atomic mass is 9.91. The first-order valence-electron chi connectivity index (χ1n) is 7.83. The molecule has 1 aliphatic heterocycles. The minimum Gasteiger partial charge on any atom is -0.381 e. The zero-order valence-electron chi connectivity index (χ0n) is 13.5. The zero-order chi connectivity index (χ0) is 17.1. The van der Waals surface area contributed by atoms with E-state index in [2.05, 4.69) is 25.9 Å². The zero-order valence-corrected chi connectivity index (χ0v) is 15.0. The van der Waals surface area contributed by atoms with Crippen molar-refractivity contribution in [3.63, 3.8) is 0 Å². The van der Waals surface area contributed by atoms with Crippen molar-refractivity contribution < 1.29 is 9.26 Å². The molecule has 1 fully saturated rings. The Morgan fingerprint density at radius 1 is 1.38 bits per heavy atom. The summed E-state index contributed by atoms with van der Waals surface area (Å²) in [7, 11) is 0. The van der Waals surface area contributed by atoms with E-state index in [1.54, 1.807) is 0 Å². The molecule has 2 aromatic heterocycles. The molecule has 0 aliphatic carbocycles. The second-order valence-electron chi connectivity index (χ2n) is 6.01. The molecular weight excluding hydrogens is 350 g/mol. The van der Waals surface area contributed by atoms with Crippen molar-refractivity contribution in [3.8, 4) is 6.07 Å². The summed E-state index contributed by atoms with van der Waals surface area (Å²) in [5.41, 5.74) is 0.349. The van der Waals surface area contributed by atoms with Crippen LogP contribution in [0.1, 0.15) is 55.9 Å². The van der Waals surface area contributed by atoms with E-state index in [0.29, 0.717) is 35.5 Å². The maximum absolute atomic E-state index is 9.28. The number of aromatic nitrogens is 3. The molecule has 9 heteroatoms. The number of nitrogens with one attached hydrogen (secondary N) is 1. The van der Waals surface area contributed by atoms with Crippen LogP contribution in [-0.2, 0) is 4.74 Å². The van der Waals surface area contributed by atoms with Crippen LogP contribution in [0.25, 0.3) is 0 Å².